The molecule has 1 unspecified atom stereocenters. The molecule has 22 heavy (non-hydrogen) atoms. The molecule has 0 fully saturated rings. The third-order valence-electron chi connectivity index (χ3n) is 2.88. The first-order valence-electron chi connectivity index (χ1n) is 6.28. The number of amides is 1. The van der Waals surface area contributed by atoms with E-state index in [2.05, 4.69) is 15.2 Å². The number of aromatic nitrogens is 3. The van der Waals surface area contributed by atoms with Gasteiger partial charge in [0.15, 0.2) is 0 Å². The number of alkyl halides is 4. The van der Waals surface area contributed by atoms with Crippen LogP contribution in [-0.4, -0.2) is 33.4 Å². The van der Waals surface area contributed by atoms with Crippen LogP contribution in [-0.2, 0) is 11.2 Å². The fourth-order valence-electron chi connectivity index (χ4n) is 1.84. The largest absolute Gasteiger partial charge is 0.428 e. The molecule has 1 amide bonds. The van der Waals surface area contributed by atoms with E-state index in [-0.39, 0.29) is 12.2 Å². The van der Waals surface area contributed by atoms with Gasteiger partial charge in [0, 0.05) is 0 Å². The van der Waals surface area contributed by atoms with Crippen molar-refractivity contribution < 1.29 is 22.4 Å². The number of carbonyl (C=O) groups excluding carboxylic acids is 1. The molecular formula is C13H12F4N4O. The molecule has 1 heterocycles. The molecule has 118 valence electrons. The van der Waals surface area contributed by atoms with E-state index in [1.54, 1.807) is 30.3 Å². The van der Waals surface area contributed by atoms with Crippen molar-refractivity contribution in [1.82, 2.24) is 20.5 Å². The molecule has 0 spiro atoms. The first kappa shape index (κ1) is 15.9. The van der Waals surface area contributed by atoms with E-state index >= 15 is 0 Å². The van der Waals surface area contributed by atoms with Crippen molar-refractivity contribution in [3.8, 4) is 0 Å². The first-order chi connectivity index (χ1) is 10.4. The third kappa shape index (κ3) is 4.03. The van der Waals surface area contributed by atoms with Crippen LogP contribution in [0.5, 0.6) is 0 Å². The molecule has 2 aromatic rings. The number of rotatable bonds is 5. The Kier molecular flexibility index (Phi) is 4.74. The van der Waals surface area contributed by atoms with Gasteiger partial charge in [-0.2, -0.15) is 18.3 Å². The van der Waals surface area contributed by atoms with E-state index < -0.39 is 24.3 Å². The standard InChI is InChI=1S/C13H12F4N4O/c14-10(13(15,16)17)12(22)20-9(11-18-7-19-21-11)6-8-4-2-1-3-5-8/h1-5,7,9-10H,6H2,(H,20,22)(H,18,19,21)/t9-,10?/m1/s1. The van der Waals surface area contributed by atoms with Crippen molar-refractivity contribution in [3.63, 3.8) is 0 Å². The lowest BCUT2D eigenvalue weighted by molar-refractivity contribution is -0.187. The van der Waals surface area contributed by atoms with Gasteiger partial charge in [0.2, 0.25) is 0 Å². The van der Waals surface area contributed by atoms with Crippen molar-refractivity contribution in [2.75, 3.05) is 0 Å². The molecule has 0 saturated heterocycles. The molecule has 2 rings (SSSR count). The minimum Gasteiger partial charge on any atom is -0.343 e. The number of benzene rings is 1. The second kappa shape index (κ2) is 6.54. The fraction of sp³-hybridized carbons (Fsp3) is 0.308. The SMILES string of the molecule is O=C(N[C@H](Cc1ccccc1)c1ncn[nH]1)C(F)C(F)(F)F. The number of hydrogen-bond donors (Lipinski definition) is 2. The van der Waals surface area contributed by atoms with E-state index in [0.717, 1.165) is 11.9 Å². The lowest BCUT2D eigenvalue weighted by atomic mass is 10.1. The van der Waals surface area contributed by atoms with Gasteiger partial charge >= 0.3 is 6.18 Å². The lowest BCUT2D eigenvalue weighted by Crippen LogP contribution is -2.43. The van der Waals surface area contributed by atoms with Crippen LogP contribution < -0.4 is 5.32 Å². The zero-order valence-corrected chi connectivity index (χ0v) is 11.1. The molecule has 2 N–H and O–H groups in total. The monoisotopic (exact) mass is 316 g/mol. The highest BCUT2D eigenvalue weighted by molar-refractivity contribution is 5.81. The maximum absolute atomic E-state index is 13.1. The summed E-state index contributed by atoms with van der Waals surface area (Å²) in [5.74, 6) is -1.61. The molecule has 0 radical (unpaired) electrons. The first-order valence-corrected chi connectivity index (χ1v) is 6.28. The van der Waals surface area contributed by atoms with Gasteiger partial charge in [0.05, 0.1) is 6.04 Å². The summed E-state index contributed by atoms with van der Waals surface area (Å²) < 4.78 is 49.8. The van der Waals surface area contributed by atoms with Gasteiger partial charge in [-0.25, -0.2) is 9.37 Å². The molecule has 0 aliphatic heterocycles. The minimum atomic E-state index is -5.25. The average Bonchev–Trinajstić information content (AvgIpc) is 3.00. The molecule has 1 aromatic heterocycles. The molecule has 0 bridgehead atoms. The Hall–Kier alpha value is -2.45. The Morgan fingerprint density at radius 1 is 1.27 bits per heavy atom. The Morgan fingerprint density at radius 3 is 2.50 bits per heavy atom. The highest BCUT2D eigenvalue weighted by Gasteiger charge is 2.46. The van der Waals surface area contributed by atoms with Gasteiger partial charge in [-0.1, -0.05) is 30.3 Å². The Bertz CT molecular complexity index is 600. The van der Waals surface area contributed by atoms with E-state index in [1.165, 1.54) is 0 Å². The van der Waals surface area contributed by atoms with Gasteiger partial charge < -0.3 is 5.32 Å². The maximum Gasteiger partial charge on any atom is 0.428 e. The molecule has 1 aromatic carbocycles. The van der Waals surface area contributed by atoms with Crippen LogP contribution in [0.25, 0.3) is 0 Å². The molecule has 2 atom stereocenters. The third-order valence-corrected chi connectivity index (χ3v) is 2.88. The number of carbonyl (C=O) groups is 1. The zero-order chi connectivity index (χ0) is 16.2. The van der Waals surface area contributed by atoms with Gasteiger partial charge in [-0.3, -0.25) is 9.89 Å². The van der Waals surface area contributed by atoms with E-state index in [1.807, 2.05) is 5.32 Å². The zero-order valence-electron chi connectivity index (χ0n) is 11.1. The van der Waals surface area contributed by atoms with Crippen molar-refractivity contribution >= 4 is 5.91 Å². The fourth-order valence-corrected chi connectivity index (χ4v) is 1.84. The number of halogens is 4. The van der Waals surface area contributed by atoms with Crippen LogP contribution in [0.2, 0.25) is 0 Å². The number of nitrogens with one attached hydrogen (secondary N) is 2. The van der Waals surface area contributed by atoms with Crippen molar-refractivity contribution in [3.05, 3.63) is 48.0 Å². The normalized spacial score (nSPS) is 14.4. The number of nitrogens with zero attached hydrogens (tertiary/aromatic N) is 2. The van der Waals surface area contributed by atoms with Crippen LogP contribution >= 0.6 is 0 Å². The van der Waals surface area contributed by atoms with Crippen LogP contribution in [0, 0.1) is 0 Å². The van der Waals surface area contributed by atoms with Crippen molar-refractivity contribution in [2.45, 2.75) is 24.8 Å². The topological polar surface area (TPSA) is 70.7 Å². The van der Waals surface area contributed by atoms with Gasteiger partial charge in [-0.05, 0) is 12.0 Å². The number of H-pyrrole nitrogens is 1. The second-order valence-electron chi connectivity index (χ2n) is 4.53. The summed E-state index contributed by atoms with van der Waals surface area (Å²) in [5, 5.41) is 8.05. The highest BCUT2D eigenvalue weighted by atomic mass is 19.4. The van der Waals surface area contributed by atoms with Crippen LogP contribution in [0.4, 0.5) is 17.6 Å². The molecule has 0 saturated carbocycles. The highest BCUT2D eigenvalue weighted by Crippen LogP contribution is 2.24. The predicted octanol–water partition coefficient (Wildman–Crippen LogP) is 2.11. The number of hydrogen-bond acceptors (Lipinski definition) is 3. The molecule has 5 nitrogen and oxygen atoms in total. The van der Waals surface area contributed by atoms with E-state index in [4.69, 9.17) is 0 Å². The van der Waals surface area contributed by atoms with Crippen LogP contribution in [0.3, 0.4) is 0 Å². The minimum absolute atomic E-state index is 0.145. The van der Waals surface area contributed by atoms with Gasteiger partial charge in [-0.15, -0.1) is 0 Å². The van der Waals surface area contributed by atoms with Crippen LogP contribution in [0.15, 0.2) is 36.7 Å². The summed E-state index contributed by atoms with van der Waals surface area (Å²) >= 11 is 0. The summed E-state index contributed by atoms with van der Waals surface area (Å²) in [5.41, 5.74) is 0.742. The Morgan fingerprint density at radius 2 is 1.95 bits per heavy atom. The summed E-state index contributed by atoms with van der Waals surface area (Å²) in [4.78, 5) is 15.2. The molecule has 0 aliphatic carbocycles. The predicted molar refractivity (Wildman–Crippen MR) is 68.4 cm³/mol. The molecule has 9 heteroatoms. The maximum atomic E-state index is 13.1. The van der Waals surface area contributed by atoms with Crippen molar-refractivity contribution in [2.24, 2.45) is 0 Å². The molecule has 0 aliphatic rings. The summed E-state index contributed by atoms with van der Waals surface area (Å²) in [6, 6.07) is 7.76. The number of aromatic amines is 1. The average molecular weight is 316 g/mol. The summed E-state index contributed by atoms with van der Waals surface area (Å²) in [6.45, 7) is 0. The second-order valence-corrected chi connectivity index (χ2v) is 4.53. The Balaban J connectivity index is 2.14. The van der Waals surface area contributed by atoms with Crippen molar-refractivity contribution in [1.29, 1.82) is 0 Å². The van der Waals surface area contributed by atoms with Crippen LogP contribution in [0.1, 0.15) is 17.4 Å². The summed E-state index contributed by atoms with van der Waals surface area (Å²) in [6.07, 6.45) is -7.54. The smallest absolute Gasteiger partial charge is 0.343 e. The van der Waals surface area contributed by atoms with Gasteiger partial charge in [0.25, 0.3) is 12.1 Å². The quantitative estimate of drug-likeness (QED) is 0.830. The summed E-state index contributed by atoms with van der Waals surface area (Å²) in [7, 11) is 0. The molecular weight excluding hydrogens is 304 g/mol. The van der Waals surface area contributed by atoms with E-state index in [0.29, 0.717) is 0 Å². The van der Waals surface area contributed by atoms with Gasteiger partial charge in [0.1, 0.15) is 12.2 Å². The lowest BCUT2D eigenvalue weighted by Gasteiger charge is -2.19. The van der Waals surface area contributed by atoms with E-state index in [9.17, 15) is 22.4 Å². The Labute approximate surface area is 122 Å².